The van der Waals surface area contributed by atoms with Crippen LogP contribution in [0.3, 0.4) is 0 Å². The molecule has 2 amide bonds. The SMILES string of the molecule is O=C(NCC(=O)N1CCNCC1)[C@@H]1CCCO1. The van der Waals surface area contributed by atoms with Crippen LogP contribution in [0.1, 0.15) is 12.8 Å². The van der Waals surface area contributed by atoms with Gasteiger partial charge in [-0.25, -0.2) is 0 Å². The van der Waals surface area contributed by atoms with Crippen molar-refractivity contribution in [2.75, 3.05) is 39.3 Å². The number of amides is 2. The molecule has 1 atom stereocenters. The fourth-order valence-electron chi connectivity index (χ4n) is 2.09. The molecule has 0 bridgehead atoms. The number of nitrogens with one attached hydrogen (secondary N) is 2. The summed E-state index contributed by atoms with van der Waals surface area (Å²) in [5, 5.41) is 5.82. The molecule has 2 heterocycles. The summed E-state index contributed by atoms with van der Waals surface area (Å²) in [5.74, 6) is -0.177. The van der Waals surface area contributed by atoms with Crippen molar-refractivity contribution in [3.05, 3.63) is 0 Å². The van der Waals surface area contributed by atoms with Crippen molar-refractivity contribution in [1.82, 2.24) is 15.5 Å². The van der Waals surface area contributed by atoms with Crippen LogP contribution in [-0.4, -0.2) is 62.1 Å². The van der Waals surface area contributed by atoms with Crippen molar-refractivity contribution in [3.8, 4) is 0 Å². The smallest absolute Gasteiger partial charge is 0.249 e. The largest absolute Gasteiger partial charge is 0.368 e. The molecule has 2 aliphatic rings. The highest BCUT2D eigenvalue weighted by Gasteiger charge is 2.24. The maximum Gasteiger partial charge on any atom is 0.249 e. The third-order valence-electron chi connectivity index (χ3n) is 3.11. The van der Waals surface area contributed by atoms with Crippen molar-refractivity contribution in [1.29, 1.82) is 0 Å². The minimum Gasteiger partial charge on any atom is -0.368 e. The first-order valence-electron chi connectivity index (χ1n) is 6.15. The summed E-state index contributed by atoms with van der Waals surface area (Å²) in [4.78, 5) is 25.1. The highest BCUT2D eigenvalue weighted by molar-refractivity contribution is 5.87. The van der Waals surface area contributed by atoms with Gasteiger partial charge in [0.1, 0.15) is 6.10 Å². The van der Waals surface area contributed by atoms with E-state index in [1.54, 1.807) is 4.90 Å². The topological polar surface area (TPSA) is 70.7 Å². The summed E-state index contributed by atoms with van der Waals surface area (Å²) < 4.78 is 5.25. The molecule has 2 fully saturated rings. The molecule has 0 radical (unpaired) electrons. The second-order valence-electron chi connectivity index (χ2n) is 4.35. The normalized spacial score (nSPS) is 24.7. The standard InChI is InChI=1S/C11H19N3O3/c15-10(14-5-3-12-4-6-14)8-13-11(16)9-2-1-7-17-9/h9,12H,1-8H2,(H,13,16)/t9-/m0/s1. The van der Waals surface area contributed by atoms with Crippen LogP contribution in [-0.2, 0) is 14.3 Å². The number of rotatable bonds is 3. The molecule has 0 aliphatic carbocycles. The molecule has 6 heteroatoms. The Balaban J connectivity index is 1.69. The second kappa shape index (κ2) is 5.97. The molecule has 2 saturated heterocycles. The summed E-state index contributed by atoms with van der Waals surface area (Å²) in [7, 11) is 0. The Morgan fingerprint density at radius 3 is 2.76 bits per heavy atom. The molecule has 2 aliphatic heterocycles. The van der Waals surface area contributed by atoms with Crippen LogP contribution in [0, 0.1) is 0 Å². The van der Waals surface area contributed by atoms with Crippen molar-refractivity contribution >= 4 is 11.8 Å². The molecule has 0 aromatic heterocycles. The van der Waals surface area contributed by atoms with Crippen LogP contribution in [0.15, 0.2) is 0 Å². The van der Waals surface area contributed by atoms with E-state index in [1.807, 2.05) is 0 Å². The third kappa shape index (κ3) is 3.41. The van der Waals surface area contributed by atoms with E-state index in [0.29, 0.717) is 19.7 Å². The Labute approximate surface area is 101 Å². The maximum atomic E-state index is 11.8. The van der Waals surface area contributed by atoms with E-state index in [0.717, 1.165) is 25.9 Å². The maximum absolute atomic E-state index is 11.8. The summed E-state index contributed by atoms with van der Waals surface area (Å²) in [5.41, 5.74) is 0. The number of hydrogen-bond acceptors (Lipinski definition) is 4. The van der Waals surface area contributed by atoms with Crippen molar-refractivity contribution in [2.45, 2.75) is 18.9 Å². The second-order valence-corrected chi connectivity index (χ2v) is 4.35. The molecule has 0 saturated carbocycles. The van der Waals surface area contributed by atoms with E-state index in [4.69, 9.17) is 4.74 Å². The van der Waals surface area contributed by atoms with Gasteiger partial charge >= 0.3 is 0 Å². The monoisotopic (exact) mass is 241 g/mol. The molecule has 0 aromatic carbocycles. The number of carbonyl (C=O) groups is 2. The van der Waals surface area contributed by atoms with Gasteiger partial charge in [-0.2, -0.15) is 0 Å². The third-order valence-corrected chi connectivity index (χ3v) is 3.11. The van der Waals surface area contributed by atoms with E-state index >= 15 is 0 Å². The van der Waals surface area contributed by atoms with E-state index in [-0.39, 0.29) is 24.5 Å². The highest BCUT2D eigenvalue weighted by atomic mass is 16.5. The summed E-state index contributed by atoms with van der Waals surface area (Å²) in [6.07, 6.45) is 1.32. The van der Waals surface area contributed by atoms with Crippen LogP contribution in [0.5, 0.6) is 0 Å². The Kier molecular flexibility index (Phi) is 4.33. The molecule has 6 nitrogen and oxygen atoms in total. The van der Waals surface area contributed by atoms with Crippen molar-refractivity contribution in [2.24, 2.45) is 0 Å². The lowest BCUT2D eigenvalue weighted by Crippen LogP contribution is -2.50. The Morgan fingerprint density at radius 1 is 1.35 bits per heavy atom. The molecule has 17 heavy (non-hydrogen) atoms. The molecular weight excluding hydrogens is 222 g/mol. The fourth-order valence-corrected chi connectivity index (χ4v) is 2.09. The van der Waals surface area contributed by atoms with Crippen molar-refractivity contribution < 1.29 is 14.3 Å². The Hall–Kier alpha value is -1.14. The highest BCUT2D eigenvalue weighted by Crippen LogP contribution is 2.11. The first-order valence-corrected chi connectivity index (χ1v) is 6.15. The van der Waals surface area contributed by atoms with Gasteiger partial charge in [0, 0.05) is 32.8 Å². The fraction of sp³-hybridized carbons (Fsp3) is 0.818. The number of ether oxygens (including phenoxy) is 1. The van der Waals surface area contributed by atoms with Crippen LogP contribution < -0.4 is 10.6 Å². The van der Waals surface area contributed by atoms with Gasteiger partial charge < -0.3 is 20.3 Å². The lowest BCUT2D eigenvalue weighted by atomic mass is 10.2. The summed E-state index contributed by atoms with van der Waals surface area (Å²) in [6.45, 7) is 3.81. The zero-order valence-electron chi connectivity index (χ0n) is 9.91. The van der Waals surface area contributed by atoms with Crippen LogP contribution in [0.4, 0.5) is 0 Å². The van der Waals surface area contributed by atoms with Crippen LogP contribution in [0.25, 0.3) is 0 Å². The van der Waals surface area contributed by atoms with Gasteiger partial charge in [-0.15, -0.1) is 0 Å². The lowest BCUT2D eigenvalue weighted by molar-refractivity contribution is -0.136. The van der Waals surface area contributed by atoms with Gasteiger partial charge in [0.25, 0.3) is 0 Å². The predicted molar refractivity (Wildman–Crippen MR) is 61.4 cm³/mol. The molecule has 2 rings (SSSR count). The van der Waals surface area contributed by atoms with Gasteiger partial charge in [-0.05, 0) is 12.8 Å². The Bertz CT molecular complexity index is 284. The van der Waals surface area contributed by atoms with Gasteiger partial charge in [0.2, 0.25) is 11.8 Å². The van der Waals surface area contributed by atoms with Gasteiger partial charge in [-0.1, -0.05) is 0 Å². The van der Waals surface area contributed by atoms with Gasteiger partial charge in [0.15, 0.2) is 0 Å². The van der Waals surface area contributed by atoms with Crippen molar-refractivity contribution in [3.63, 3.8) is 0 Å². The molecule has 96 valence electrons. The molecule has 2 N–H and O–H groups in total. The quantitative estimate of drug-likeness (QED) is 0.645. The zero-order valence-corrected chi connectivity index (χ0v) is 9.91. The van der Waals surface area contributed by atoms with E-state index in [1.165, 1.54) is 0 Å². The van der Waals surface area contributed by atoms with Gasteiger partial charge in [-0.3, -0.25) is 9.59 Å². The van der Waals surface area contributed by atoms with E-state index in [9.17, 15) is 9.59 Å². The number of hydrogen-bond donors (Lipinski definition) is 2. The average Bonchev–Trinajstić information content (AvgIpc) is 2.90. The first kappa shape index (κ1) is 12.3. The van der Waals surface area contributed by atoms with E-state index in [2.05, 4.69) is 10.6 Å². The lowest BCUT2D eigenvalue weighted by Gasteiger charge is -2.27. The number of nitrogens with zero attached hydrogens (tertiary/aromatic N) is 1. The zero-order chi connectivity index (χ0) is 12.1. The van der Waals surface area contributed by atoms with Gasteiger partial charge in [0.05, 0.1) is 6.54 Å². The van der Waals surface area contributed by atoms with Crippen LogP contribution >= 0.6 is 0 Å². The summed E-state index contributed by atoms with van der Waals surface area (Å²) >= 11 is 0. The predicted octanol–water partition coefficient (Wildman–Crippen LogP) is -1.29. The molecule has 0 spiro atoms. The van der Waals surface area contributed by atoms with E-state index < -0.39 is 0 Å². The van der Waals surface area contributed by atoms with Crippen LogP contribution in [0.2, 0.25) is 0 Å². The minimum atomic E-state index is -0.356. The number of carbonyl (C=O) groups excluding carboxylic acids is 2. The Morgan fingerprint density at radius 2 is 2.12 bits per heavy atom. The molecule has 0 aromatic rings. The average molecular weight is 241 g/mol. The summed E-state index contributed by atoms with van der Waals surface area (Å²) in [6, 6.07) is 0. The number of piperazine rings is 1. The molecule has 0 unspecified atom stereocenters. The first-order chi connectivity index (χ1) is 8.27. The molecular formula is C11H19N3O3. The minimum absolute atomic E-state index is 0.0159.